The summed E-state index contributed by atoms with van der Waals surface area (Å²) in [6.07, 6.45) is 0. The van der Waals surface area contributed by atoms with Gasteiger partial charge in [0.25, 0.3) is 0 Å². The fraction of sp³-hybridized carbons (Fsp3) is 0.200. The predicted octanol–water partition coefficient (Wildman–Crippen LogP) is 5.30. The second-order valence-electron chi connectivity index (χ2n) is 8.99. The average molecular weight is 565 g/mol. The van der Waals surface area contributed by atoms with Crippen molar-refractivity contribution in [3.05, 3.63) is 126 Å². The molecule has 0 atom stereocenters. The summed E-state index contributed by atoms with van der Waals surface area (Å²) >= 11 is 0. The van der Waals surface area contributed by atoms with Gasteiger partial charge in [-0.15, -0.1) is 0 Å². The molecule has 0 bridgehead atoms. The third kappa shape index (κ3) is 6.93. The van der Waals surface area contributed by atoms with Gasteiger partial charge in [-0.3, -0.25) is 0 Å². The topological polar surface area (TPSA) is 84.0 Å². The third-order valence-corrected chi connectivity index (χ3v) is 10.1. The maximum Gasteiger partial charge on any atom is 0.243 e. The van der Waals surface area contributed by atoms with E-state index in [9.17, 15) is 16.8 Å². The van der Waals surface area contributed by atoms with Gasteiger partial charge in [-0.05, 0) is 53.1 Å². The Morgan fingerprint density at radius 1 is 0.538 bits per heavy atom. The molecule has 4 aromatic carbocycles. The fourth-order valence-electron chi connectivity index (χ4n) is 4.18. The van der Waals surface area contributed by atoms with Gasteiger partial charge >= 0.3 is 0 Å². The van der Waals surface area contributed by atoms with Crippen LogP contribution in [0.15, 0.2) is 119 Å². The number of nitrogens with zero attached hydrogens (tertiary/aromatic N) is 2. The molecule has 204 valence electrons. The van der Waals surface area contributed by atoms with Gasteiger partial charge in [0.15, 0.2) is 0 Å². The summed E-state index contributed by atoms with van der Waals surface area (Å²) in [5, 5.41) is 0. The molecular formula is C30H32N2O5S2. The van der Waals surface area contributed by atoms with Gasteiger partial charge in [-0.25, -0.2) is 16.8 Å². The Morgan fingerprint density at radius 2 is 0.923 bits per heavy atom. The number of rotatable bonds is 12. The van der Waals surface area contributed by atoms with Gasteiger partial charge < -0.3 is 4.74 Å². The molecule has 0 amide bonds. The Hall–Kier alpha value is -3.50. The van der Waals surface area contributed by atoms with E-state index in [1.54, 1.807) is 26.2 Å². The summed E-state index contributed by atoms with van der Waals surface area (Å²) in [5.41, 5.74) is 2.51. The molecule has 0 saturated heterocycles. The van der Waals surface area contributed by atoms with Crippen LogP contribution in [0, 0.1) is 0 Å². The summed E-state index contributed by atoms with van der Waals surface area (Å²) in [7, 11) is -6.20. The Morgan fingerprint density at radius 3 is 1.33 bits per heavy atom. The quantitative estimate of drug-likeness (QED) is 0.233. The largest absolute Gasteiger partial charge is 0.497 e. The molecule has 0 unspecified atom stereocenters. The highest BCUT2D eigenvalue weighted by Gasteiger charge is 2.28. The van der Waals surface area contributed by atoms with E-state index in [1.165, 1.54) is 32.9 Å². The summed E-state index contributed by atoms with van der Waals surface area (Å²) < 4.78 is 62.3. The molecule has 0 fully saturated rings. The first-order valence-electron chi connectivity index (χ1n) is 12.5. The molecule has 0 aromatic heterocycles. The van der Waals surface area contributed by atoms with E-state index in [0.29, 0.717) is 5.75 Å². The highest BCUT2D eigenvalue weighted by atomic mass is 32.2. The van der Waals surface area contributed by atoms with E-state index in [2.05, 4.69) is 0 Å². The van der Waals surface area contributed by atoms with Crippen LogP contribution < -0.4 is 4.74 Å². The van der Waals surface area contributed by atoms with E-state index >= 15 is 0 Å². The first kappa shape index (κ1) is 28.5. The van der Waals surface area contributed by atoms with E-state index in [0.717, 1.165) is 16.7 Å². The number of benzene rings is 4. The zero-order valence-electron chi connectivity index (χ0n) is 22.0. The molecule has 0 saturated carbocycles. The van der Waals surface area contributed by atoms with Gasteiger partial charge in [-0.1, -0.05) is 79.7 Å². The van der Waals surface area contributed by atoms with Crippen molar-refractivity contribution in [2.45, 2.75) is 36.3 Å². The lowest BCUT2D eigenvalue weighted by atomic mass is 10.2. The Balaban J connectivity index is 1.61. The number of hydrogen-bond donors (Lipinski definition) is 0. The lowest BCUT2D eigenvalue weighted by Gasteiger charge is -2.23. The van der Waals surface area contributed by atoms with Gasteiger partial charge in [0.1, 0.15) is 5.75 Å². The molecule has 0 heterocycles. The highest BCUT2D eigenvalue weighted by Crippen LogP contribution is 2.25. The van der Waals surface area contributed by atoms with Gasteiger partial charge in [0.05, 0.1) is 16.9 Å². The molecule has 4 aromatic rings. The SMILES string of the molecule is CCN(Cc1ccccc1)S(=O)(=O)c1ccc(S(=O)(=O)N(Cc2ccccc2)Cc2ccc(OC)cc2)cc1. The van der Waals surface area contributed by atoms with Crippen molar-refractivity contribution in [2.75, 3.05) is 13.7 Å². The van der Waals surface area contributed by atoms with Crippen molar-refractivity contribution >= 4 is 20.0 Å². The second kappa shape index (κ2) is 12.6. The summed E-state index contributed by atoms with van der Waals surface area (Å²) in [4.78, 5) is 0.0704. The Bertz CT molecular complexity index is 1560. The lowest BCUT2D eigenvalue weighted by molar-refractivity contribution is 0.399. The lowest BCUT2D eigenvalue weighted by Crippen LogP contribution is -2.31. The van der Waals surface area contributed by atoms with Crippen molar-refractivity contribution in [3.8, 4) is 5.75 Å². The Labute approximate surface area is 231 Å². The number of methoxy groups -OCH3 is 1. The van der Waals surface area contributed by atoms with Gasteiger partial charge in [0, 0.05) is 26.2 Å². The molecule has 0 aliphatic rings. The minimum atomic E-state index is -3.96. The van der Waals surface area contributed by atoms with Crippen molar-refractivity contribution < 1.29 is 21.6 Å². The van der Waals surface area contributed by atoms with Crippen LogP contribution in [0.1, 0.15) is 23.6 Å². The molecule has 0 radical (unpaired) electrons. The van der Waals surface area contributed by atoms with Crippen LogP contribution in [-0.4, -0.2) is 39.1 Å². The molecule has 0 aliphatic carbocycles. The van der Waals surface area contributed by atoms with Crippen molar-refractivity contribution in [2.24, 2.45) is 0 Å². The van der Waals surface area contributed by atoms with Crippen LogP contribution in [-0.2, 0) is 39.7 Å². The van der Waals surface area contributed by atoms with Crippen LogP contribution in [0.25, 0.3) is 0 Å². The molecule has 0 spiro atoms. The van der Waals surface area contributed by atoms with E-state index in [4.69, 9.17) is 4.74 Å². The molecule has 9 heteroatoms. The normalized spacial score (nSPS) is 12.1. The predicted molar refractivity (Wildman–Crippen MR) is 152 cm³/mol. The summed E-state index contributed by atoms with van der Waals surface area (Å²) in [6, 6.07) is 31.4. The number of sulfonamides is 2. The Kier molecular flexibility index (Phi) is 9.19. The average Bonchev–Trinajstić information content (AvgIpc) is 2.97. The van der Waals surface area contributed by atoms with Crippen molar-refractivity contribution in [3.63, 3.8) is 0 Å². The zero-order valence-corrected chi connectivity index (χ0v) is 23.6. The van der Waals surface area contributed by atoms with E-state index < -0.39 is 20.0 Å². The molecule has 0 N–H and O–H groups in total. The van der Waals surface area contributed by atoms with E-state index in [-0.39, 0.29) is 36.0 Å². The maximum absolute atomic E-state index is 13.8. The van der Waals surface area contributed by atoms with Gasteiger partial charge in [0.2, 0.25) is 20.0 Å². The third-order valence-electron chi connectivity index (χ3n) is 6.37. The first-order valence-corrected chi connectivity index (χ1v) is 15.4. The molecular weight excluding hydrogens is 532 g/mol. The fourth-order valence-corrected chi connectivity index (χ4v) is 7.04. The van der Waals surface area contributed by atoms with Gasteiger partial charge in [-0.2, -0.15) is 8.61 Å². The smallest absolute Gasteiger partial charge is 0.243 e. The zero-order chi connectivity index (χ0) is 27.9. The van der Waals surface area contributed by atoms with Crippen LogP contribution in [0.5, 0.6) is 5.75 Å². The highest BCUT2D eigenvalue weighted by molar-refractivity contribution is 7.89. The monoisotopic (exact) mass is 564 g/mol. The van der Waals surface area contributed by atoms with Crippen LogP contribution in [0.2, 0.25) is 0 Å². The molecule has 7 nitrogen and oxygen atoms in total. The molecule has 0 aliphatic heterocycles. The number of ether oxygens (including phenoxy) is 1. The maximum atomic E-state index is 13.8. The van der Waals surface area contributed by atoms with E-state index in [1.807, 2.05) is 72.8 Å². The molecule has 39 heavy (non-hydrogen) atoms. The standard InChI is InChI=1S/C30H32N2O5S2/c1-3-31(22-25-10-6-4-7-11-25)38(33,34)29-18-20-30(21-19-29)39(35,36)32(23-26-12-8-5-9-13-26)24-27-14-16-28(37-2)17-15-27/h4-21H,3,22-24H2,1-2H3. The summed E-state index contributed by atoms with van der Waals surface area (Å²) in [5.74, 6) is 0.682. The van der Waals surface area contributed by atoms with Crippen LogP contribution >= 0.6 is 0 Å². The number of hydrogen-bond acceptors (Lipinski definition) is 5. The van der Waals surface area contributed by atoms with Crippen molar-refractivity contribution in [1.29, 1.82) is 0 Å². The molecule has 4 rings (SSSR count). The van der Waals surface area contributed by atoms with Crippen molar-refractivity contribution in [1.82, 2.24) is 8.61 Å². The minimum Gasteiger partial charge on any atom is -0.497 e. The van der Waals surface area contributed by atoms with Crippen LogP contribution in [0.3, 0.4) is 0 Å². The second-order valence-corrected chi connectivity index (χ2v) is 12.9. The van der Waals surface area contributed by atoms with Crippen LogP contribution in [0.4, 0.5) is 0 Å². The summed E-state index contributed by atoms with van der Waals surface area (Å²) in [6.45, 7) is 2.59. The minimum absolute atomic E-state index is 0.0250. The first-order chi connectivity index (χ1) is 18.7.